The normalized spacial score (nSPS) is 12.0. The number of aliphatic hydroxyl groups is 1. The molecule has 48 valence electrons. The van der Waals surface area contributed by atoms with Gasteiger partial charge in [-0.05, 0) is 12.5 Å². The minimum atomic E-state index is 0.264. The maximum atomic E-state index is 8.73. The number of hydrogen-bond donors (Lipinski definition) is 2. The fraction of sp³-hybridized carbons (Fsp3) is 0.667. The maximum absolute atomic E-state index is 8.73. The highest BCUT2D eigenvalue weighted by molar-refractivity contribution is 4.91. The predicted molar refractivity (Wildman–Crippen MR) is 34.7 cm³/mol. The van der Waals surface area contributed by atoms with Crippen LogP contribution >= 0.6 is 0 Å². The molecule has 0 heterocycles. The Labute approximate surface area is 50.0 Å². The van der Waals surface area contributed by atoms with Gasteiger partial charge < -0.3 is 10.8 Å². The van der Waals surface area contributed by atoms with Crippen molar-refractivity contribution >= 4 is 0 Å². The first-order chi connectivity index (χ1) is 3.81. The molecule has 0 aliphatic carbocycles. The molecule has 0 aliphatic rings. The number of rotatable bonds is 3. The Morgan fingerprint density at radius 1 is 1.75 bits per heavy atom. The zero-order valence-corrected chi connectivity index (χ0v) is 5.22. The summed E-state index contributed by atoms with van der Waals surface area (Å²) in [7, 11) is 0. The van der Waals surface area contributed by atoms with Gasteiger partial charge in [0.05, 0.1) is 6.54 Å². The van der Waals surface area contributed by atoms with Crippen molar-refractivity contribution in [1.82, 2.24) is 0 Å². The molecule has 0 rings (SSSR count). The lowest BCUT2D eigenvalue weighted by atomic mass is 10.3. The van der Waals surface area contributed by atoms with E-state index in [9.17, 15) is 0 Å². The molecule has 8 heavy (non-hydrogen) atoms. The van der Waals surface area contributed by atoms with Crippen LogP contribution in [0, 0.1) is 0 Å². The third-order valence-corrected chi connectivity index (χ3v) is 0.878. The van der Waals surface area contributed by atoms with Crippen LogP contribution in [0.25, 0.3) is 0 Å². The molecule has 0 unspecified atom stereocenters. The van der Waals surface area contributed by atoms with Crippen molar-refractivity contribution in [3.8, 4) is 0 Å². The molecule has 0 saturated carbocycles. The zero-order chi connectivity index (χ0) is 6.41. The van der Waals surface area contributed by atoms with E-state index >= 15 is 0 Å². The SMILES string of the molecule is CCC/C=C(/O)CN. The molecule has 0 radical (unpaired) electrons. The first kappa shape index (κ1) is 7.50. The molecule has 0 fully saturated rings. The van der Waals surface area contributed by atoms with Crippen molar-refractivity contribution in [1.29, 1.82) is 0 Å². The van der Waals surface area contributed by atoms with E-state index in [0.717, 1.165) is 12.8 Å². The summed E-state index contributed by atoms with van der Waals surface area (Å²) >= 11 is 0. The maximum Gasteiger partial charge on any atom is 0.102 e. The average Bonchev–Trinajstić information content (AvgIpc) is 1.83. The Kier molecular flexibility index (Phi) is 4.36. The van der Waals surface area contributed by atoms with Crippen LogP contribution in [0.1, 0.15) is 19.8 Å². The van der Waals surface area contributed by atoms with Crippen molar-refractivity contribution < 1.29 is 5.11 Å². The molecule has 0 aliphatic heterocycles. The number of nitrogens with two attached hydrogens (primary N) is 1. The van der Waals surface area contributed by atoms with Gasteiger partial charge in [-0.1, -0.05) is 13.3 Å². The van der Waals surface area contributed by atoms with E-state index in [1.54, 1.807) is 6.08 Å². The molecule has 0 aromatic carbocycles. The second-order valence-electron chi connectivity index (χ2n) is 1.69. The molecule has 0 saturated heterocycles. The van der Waals surface area contributed by atoms with E-state index in [2.05, 4.69) is 6.92 Å². The molecular formula is C6H13NO. The molecule has 0 aromatic heterocycles. The first-order valence-corrected chi connectivity index (χ1v) is 2.89. The molecule has 0 atom stereocenters. The number of hydrogen-bond acceptors (Lipinski definition) is 2. The average molecular weight is 115 g/mol. The van der Waals surface area contributed by atoms with Crippen LogP contribution < -0.4 is 5.73 Å². The molecule has 0 spiro atoms. The second-order valence-corrected chi connectivity index (χ2v) is 1.69. The van der Waals surface area contributed by atoms with E-state index in [-0.39, 0.29) is 6.54 Å². The van der Waals surface area contributed by atoms with Gasteiger partial charge in [-0.15, -0.1) is 0 Å². The van der Waals surface area contributed by atoms with E-state index < -0.39 is 0 Å². The summed E-state index contributed by atoms with van der Waals surface area (Å²) in [6.45, 7) is 2.32. The fourth-order valence-electron chi connectivity index (χ4n) is 0.394. The quantitative estimate of drug-likeness (QED) is 0.543. The van der Waals surface area contributed by atoms with E-state index in [0.29, 0.717) is 5.76 Å². The highest BCUT2D eigenvalue weighted by atomic mass is 16.3. The predicted octanol–water partition coefficient (Wildman–Crippen LogP) is 1.19. The monoisotopic (exact) mass is 115 g/mol. The van der Waals surface area contributed by atoms with Gasteiger partial charge in [0, 0.05) is 0 Å². The van der Waals surface area contributed by atoms with Crippen LogP contribution in [0.2, 0.25) is 0 Å². The van der Waals surface area contributed by atoms with Crippen molar-refractivity contribution in [2.75, 3.05) is 6.54 Å². The summed E-state index contributed by atoms with van der Waals surface area (Å²) < 4.78 is 0. The Hall–Kier alpha value is -0.500. The third kappa shape index (κ3) is 3.68. The lowest BCUT2D eigenvalue weighted by Gasteiger charge is -1.90. The summed E-state index contributed by atoms with van der Waals surface area (Å²) in [6, 6.07) is 0. The van der Waals surface area contributed by atoms with Gasteiger partial charge in [0.15, 0.2) is 0 Å². The summed E-state index contributed by atoms with van der Waals surface area (Å²) in [5.74, 6) is 0.298. The smallest absolute Gasteiger partial charge is 0.102 e. The summed E-state index contributed by atoms with van der Waals surface area (Å²) in [4.78, 5) is 0. The standard InChI is InChI=1S/C6H13NO/c1-2-3-4-6(8)5-7/h4,8H,2-3,5,7H2,1H3/b6-4+. The van der Waals surface area contributed by atoms with Gasteiger partial charge in [0.1, 0.15) is 5.76 Å². The number of aliphatic hydroxyl groups excluding tert-OH is 1. The molecule has 2 heteroatoms. The zero-order valence-electron chi connectivity index (χ0n) is 5.22. The van der Waals surface area contributed by atoms with Crippen LogP contribution in [0.4, 0.5) is 0 Å². The molecule has 0 amide bonds. The molecule has 0 aromatic rings. The molecule has 2 nitrogen and oxygen atoms in total. The van der Waals surface area contributed by atoms with E-state index in [4.69, 9.17) is 10.8 Å². The van der Waals surface area contributed by atoms with Gasteiger partial charge in [0.2, 0.25) is 0 Å². The largest absolute Gasteiger partial charge is 0.511 e. The van der Waals surface area contributed by atoms with Crippen LogP contribution in [-0.2, 0) is 0 Å². The van der Waals surface area contributed by atoms with E-state index in [1.165, 1.54) is 0 Å². The van der Waals surface area contributed by atoms with Crippen molar-refractivity contribution in [3.63, 3.8) is 0 Å². The minimum absolute atomic E-state index is 0.264. The van der Waals surface area contributed by atoms with Gasteiger partial charge in [-0.2, -0.15) is 0 Å². The highest BCUT2D eigenvalue weighted by Gasteiger charge is 1.82. The topological polar surface area (TPSA) is 46.2 Å². The second kappa shape index (κ2) is 4.65. The minimum Gasteiger partial charge on any atom is -0.511 e. The van der Waals surface area contributed by atoms with E-state index in [1.807, 2.05) is 0 Å². The van der Waals surface area contributed by atoms with Crippen LogP contribution in [0.5, 0.6) is 0 Å². The lowest BCUT2D eigenvalue weighted by Crippen LogP contribution is -2.01. The van der Waals surface area contributed by atoms with Crippen LogP contribution in [0.15, 0.2) is 11.8 Å². The lowest BCUT2D eigenvalue weighted by molar-refractivity contribution is 0.400. The van der Waals surface area contributed by atoms with Gasteiger partial charge in [-0.25, -0.2) is 0 Å². The Bertz CT molecular complexity index is 78.6. The van der Waals surface area contributed by atoms with Crippen molar-refractivity contribution in [2.24, 2.45) is 5.73 Å². The fourth-order valence-corrected chi connectivity index (χ4v) is 0.394. The van der Waals surface area contributed by atoms with Crippen LogP contribution in [-0.4, -0.2) is 11.7 Å². The summed E-state index contributed by atoms with van der Waals surface area (Å²) in [6.07, 6.45) is 3.73. The summed E-state index contributed by atoms with van der Waals surface area (Å²) in [5, 5.41) is 8.73. The third-order valence-electron chi connectivity index (χ3n) is 0.878. The van der Waals surface area contributed by atoms with Crippen molar-refractivity contribution in [2.45, 2.75) is 19.8 Å². The molecular weight excluding hydrogens is 102 g/mol. The number of allylic oxidation sites excluding steroid dienone is 1. The Morgan fingerprint density at radius 2 is 2.38 bits per heavy atom. The highest BCUT2D eigenvalue weighted by Crippen LogP contribution is 1.91. The summed E-state index contributed by atoms with van der Waals surface area (Å²) in [5.41, 5.74) is 5.09. The van der Waals surface area contributed by atoms with Crippen molar-refractivity contribution in [3.05, 3.63) is 11.8 Å². The Balaban J connectivity index is 3.26. The Morgan fingerprint density at radius 3 is 2.75 bits per heavy atom. The number of unbranched alkanes of at least 4 members (excludes halogenated alkanes) is 1. The molecule has 3 N–H and O–H groups in total. The first-order valence-electron chi connectivity index (χ1n) is 2.89. The van der Waals surface area contributed by atoms with Gasteiger partial charge >= 0.3 is 0 Å². The molecule has 0 bridgehead atoms. The van der Waals surface area contributed by atoms with Gasteiger partial charge in [0.25, 0.3) is 0 Å². The van der Waals surface area contributed by atoms with Gasteiger partial charge in [-0.3, -0.25) is 0 Å². The van der Waals surface area contributed by atoms with Crippen LogP contribution in [0.3, 0.4) is 0 Å².